The zero-order chi connectivity index (χ0) is 19.9. The molecular formula is C21H21ClN4OS. The first kappa shape index (κ1) is 20.2. The number of amides is 1. The number of hydrogen-bond acceptors (Lipinski definition) is 5. The number of thioether (sulfide) groups is 1. The molecule has 3 aromatic rings. The standard InChI is InChI=1S/C21H21ClN4OS/c1-14-3-6-16(7-4-14)12-23-19-9-10-21(26-25-19)28-13-20(27)24-18-11-17(22)8-5-15(18)2/h3-11H,12-13H2,1-2H3,(H,23,25)(H,24,27). The summed E-state index contributed by atoms with van der Waals surface area (Å²) in [6, 6.07) is 17.5. The molecule has 1 aromatic heterocycles. The van der Waals surface area contributed by atoms with Crippen LogP contribution in [0.1, 0.15) is 16.7 Å². The van der Waals surface area contributed by atoms with E-state index in [1.54, 1.807) is 12.1 Å². The van der Waals surface area contributed by atoms with E-state index in [0.717, 1.165) is 11.3 Å². The summed E-state index contributed by atoms with van der Waals surface area (Å²) < 4.78 is 0. The molecule has 1 amide bonds. The van der Waals surface area contributed by atoms with Gasteiger partial charge < -0.3 is 10.6 Å². The molecule has 28 heavy (non-hydrogen) atoms. The fraction of sp³-hybridized carbons (Fsp3) is 0.190. The van der Waals surface area contributed by atoms with Crippen LogP contribution in [0.25, 0.3) is 0 Å². The minimum absolute atomic E-state index is 0.112. The van der Waals surface area contributed by atoms with Gasteiger partial charge in [-0.05, 0) is 49.2 Å². The summed E-state index contributed by atoms with van der Waals surface area (Å²) >= 11 is 7.32. The van der Waals surface area contributed by atoms with E-state index in [0.29, 0.717) is 22.4 Å². The second-order valence-corrected chi connectivity index (χ2v) is 7.82. The van der Waals surface area contributed by atoms with Gasteiger partial charge in [0.2, 0.25) is 5.91 Å². The van der Waals surface area contributed by atoms with Crippen molar-refractivity contribution in [3.8, 4) is 0 Å². The molecule has 0 saturated heterocycles. The highest BCUT2D eigenvalue weighted by molar-refractivity contribution is 7.99. The quantitative estimate of drug-likeness (QED) is 0.529. The van der Waals surface area contributed by atoms with Gasteiger partial charge in [0.1, 0.15) is 10.8 Å². The topological polar surface area (TPSA) is 66.9 Å². The van der Waals surface area contributed by atoms with Crippen molar-refractivity contribution in [3.63, 3.8) is 0 Å². The van der Waals surface area contributed by atoms with Gasteiger partial charge in [-0.15, -0.1) is 10.2 Å². The van der Waals surface area contributed by atoms with Gasteiger partial charge in [-0.3, -0.25) is 4.79 Å². The molecule has 0 atom stereocenters. The summed E-state index contributed by atoms with van der Waals surface area (Å²) in [6.45, 7) is 4.67. The van der Waals surface area contributed by atoms with Crippen LogP contribution in [0.5, 0.6) is 0 Å². The van der Waals surface area contributed by atoms with Crippen LogP contribution in [0.3, 0.4) is 0 Å². The predicted molar refractivity (Wildman–Crippen MR) is 116 cm³/mol. The van der Waals surface area contributed by atoms with Crippen molar-refractivity contribution in [1.82, 2.24) is 10.2 Å². The van der Waals surface area contributed by atoms with Crippen molar-refractivity contribution in [1.29, 1.82) is 0 Å². The molecule has 0 saturated carbocycles. The Morgan fingerprint density at radius 2 is 1.82 bits per heavy atom. The lowest BCUT2D eigenvalue weighted by atomic mass is 10.1. The molecule has 0 fully saturated rings. The average molecular weight is 413 g/mol. The van der Waals surface area contributed by atoms with E-state index >= 15 is 0 Å². The monoisotopic (exact) mass is 412 g/mol. The maximum atomic E-state index is 12.2. The number of halogens is 1. The van der Waals surface area contributed by atoms with E-state index in [9.17, 15) is 4.79 Å². The predicted octanol–water partition coefficient (Wildman–Crippen LogP) is 5.09. The zero-order valence-corrected chi connectivity index (χ0v) is 17.3. The normalized spacial score (nSPS) is 10.5. The van der Waals surface area contributed by atoms with Crippen molar-refractivity contribution in [2.75, 3.05) is 16.4 Å². The Hall–Kier alpha value is -2.57. The number of carbonyl (C=O) groups is 1. The zero-order valence-electron chi connectivity index (χ0n) is 15.7. The number of nitrogens with one attached hydrogen (secondary N) is 2. The van der Waals surface area contributed by atoms with Crippen LogP contribution in [0.4, 0.5) is 11.5 Å². The lowest BCUT2D eigenvalue weighted by Crippen LogP contribution is -2.15. The third-order valence-corrected chi connectivity index (χ3v) is 5.21. The maximum absolute atomic E-state index is 12.2. The summed E-state index contributed by atoms with van der Waals surface area (Å²) in [4.78, 5) is 12.2. The molecule has 5 nitrogen and oxygen atoms in total. The summed E-state index contributed by atoms with van der Waals surface area (Å²) in [6.07, 6.45) is 0. The molecule has 1 heterocycles. The van der Waals surface area contributed by atoms with Crippen molar-refractivity contribution >= 4 is 40.8 Å². The van der Waals surface area contributed by atoms with E-state index in [1.807, 2.05) is 25.1 Å². The molecule has 7 heteroatoms. The Balaban J connectivity index is 1.48. The van der Waals surface area contributed by atoms with E-state index < -0.39 is 0 Å². The van der Waals surface area contributed by atoms with Crippen LogP contribution in [-0.2, 0) is 11.3 Å². The first-order valence-corrected chi connectivity index (χ1v) is 10.2. The number of aryl methyl sites for hydroxylation is 2. The number of rotatable bonds is 7. The van der Waals surface area contributed by atoms with Crippen LogP contribution in [-0.4, -0.2) is 21.9 Å². The molecule has 0 spiro atoms. The van der Waals surface area contributed by atoms with Crippen molar-refractivity contribution in [3.05, 3.63) is 76.3 Å². The van der Waals surface area contributed by atoms with Crippen molar-refractivity contribution in [2.24, 2.45) is 0 Å². The highest BCUT2D eigenvalue weighted by Gasteiger charge is 2.08. The van der Waals surface area contributed by atoms with Crippen molar-refractivity contribution in [2.45, 2.75) is 25.4 Å². The Morgan fingerprint density at radius 1 is 1.04 bits per heavy atom. The van der Waals surface area contributed by atoms with Crippen LogP contribution in [0.2, 0.25) is 5.02 Å². The fourth-order valence-electron chi connectivity index (χ4n) is 2.44. The smallest absolute Gasteiger partial charge is 0.234 e. The number of benzene rings is 2. The van der Waals surface area contributed by atoms with Crippen LogP contribution in [0.15, 0.2) is 59.6 Å². The Bertz CT molecular complexity index is 946. The Kier molecular flexibility index (Phi) is 6.90. The second-order valence-electron chi connectivity index (χ2n) is 6.39. The fourth-order valence-corrected chi connectivity index (χ4v) is 3.23. The third kappa shape index (κ3) is 5.97. The lowest BCUT2D eigenvalue weighted by Gasteiger charge is -2.09. The largest absolute Gasteiger partial charge is 0.365 e. The Labute approximate surface area is 173 Å². The maximum Gasteiger partial charge on any atom is 0.234 e. The van der Waals surface area contributed by atoms with Gasteiger partial charge in [0, 0.05) is 17.3 Å². The number of nitrogens with zero attached hydrogens (tertiary/aromatic N) is 2. The first-order chi connectivity index (χ1) is 13.5. The molecule has 3 rings (SSSR count). The van der Waals surface area contributed by atoms with Gasteiger partial charge in [-0.1, -0.05) is 59.3 Å². The molecule has 144 valence electrons. The number of aromatic nitrogens is 2. The molecule has 0 unspecified atom stereocenters. The minimum atomic E-state index is -0.112. The minimum Gasteiger partial charge on any atom is -0.365 e. The average Bonchev–Trinajstić information content (AvgIpc) is 2.69. The van der Waals surface area contributed by atoms with Gasteiger partial charge in [-0.25, -0.2) is 0 Å². The van der Waals surface area contributed by atoms with E-state index in [2.05, 4.69) is 52.0 Å². The number of carbonyl (C=O) groups excluding carboxylic acids is 1. The van der Waals surface area contributed by atoms with E-state index in [-0.39, 0.29) is 11.7 Å². The van der Waals surface area contributed by atoms with Gasteiger partial charge in [0.15, 0.2) is 0 Å². The SMILES string of the molecule is Cc1ccc(CNc2ccc(SCC(=O)Nc3cc(Cl)ccc3C)nn2)cc1. The van der Waals surface area contributed by atoms with Gasteiger partial charge in [0.05, 0.1) is 5.75 Å². The molecule has 0 aliphatic carbocycles. The molecular weight excluding hydrogens is 392 g/mol. The van der Waals surface area contributed by atoms with Crippen molar-refractivity contribution < 1.29 is 4.79 Å². The van der Waals surface area contributed by atoms with Gasteiger partial charge in [-0.2, -0.15) is 0 Å². The first-order valence-electron chi connectivity index (χ1n) is 8.81. The molecule has 0 aliphatic heterocycles. The van der Waals surface area contributed by atoms with Crippen LogP contribution < -0.4 is 10.6 Å². The van der Waals surface area contributed by atoms with E-state index in [4.69, 9.17) is 11.6 Å². The molecule has 2 aromatic carbocycles. The molecule has 0 radical (unpaired) electrons. The molecule has 2 N–H and O–H groups in total. The van der Waals surface area contributed by atoms with Gasteiger partial charge >= 0.3 is 0 Å². The highest BCUT2D eigenvalue weighted by atomic mass is 35.5. The summed E-state index contributed by atoms with van der Waals surface area (Å²) in [5.41, 5.74) is 4.10. The summed E-state index contributed by atoms with van der Waals surface area (Å²) in [7, 11) is 0. The van der Waals surface area contributed by atoms with Crippen LogP contribution in [0, 0.1) is 13.8 Å². The number of hydrogen-bond donors (Lipinski definition) is 2. The second kappa shape index (κ2) is 9.57. The third-order valence-electron chi connectivity index (χ3n) is 4.06. The highest BCUT2D eigenvalue weighted by Crippen LogP contribution is 2.21. The van der Waals surface area contributed by atoms with Crippen LogP contribution >= 0.6 is 23.4 Å². The molecule has 0 aliphatic rings. The van der Waals surface area contributed by atoms with Gasteiger partial charge in [0.25, 0.3) is 0 Å². The Morgan fingerprint density at radius 3 is 2.54 bits per heavy atom. The van der Waals surface area contributed by atoms with E-state index in [1.165, 1.54) is 22.9 Å². The molecule has 0 bridgehead atoms. The number of anilines is 2. The lowest BCUT2D eigenvalue weighted by molar-refractivity contribution is -0.113. The summed E-state index contributed by atoms with van der Waals surface area (Å²) in [5.74, 6) is 0.833. The summed E-state index contributed by atoms with van der Waals surface area (Å²) in [5, 5.41) is 15.7.